The van der Waals surface area contributed by atoms with Crippen LogP contribution in [0.5, 0.6) is 0 Å². The number of anilines is 1. The number of imidazole rings is 1. The topological polar surface area (TPSA) is 70.4 Å². The Labute approximate surface area is 184 Å². The van der Waals surface area contributed by atoms with Gasteiger partial charge in [-0.3, -0.25) is 0 Å². The number of nitrogens with zero attached hydrogens (tertiary/aromatic N) is 5. The van der Waals surface area contributed by atoms with Crippen molar-refractivity contribution in [1.82, 2.24) is 25.2 Å². The van der Waals surface area contributed by atoms with Crippen molar-refractivity contribution in [2.75, 3.05) is 31.1 Å². The van der Waals surface area contributed by atoms with Crippen LogP contribution in [0.25, 0.3) is 11.0 Å². The van der Waals surface area contributed by atoms with Crippen molar-refractivity contribution >= 4 is 22.8 Å². The molecule has 0 unspecified atom stereocenters. The molecule has 2 aromatic heterocycles. The Bertz CT molecular complexity index is 1000. The van der Waals surface area contributed by atoms with Gasteiger partial charge in [-0.25, -0.2) is 15.0 Å². The number of benzene rings is 1. The van der Waals surface area contributed by atoms with Crippen LogP contribution in [0.3, 0.4) is 0 Å². The molecule has 0 bridgehead atoms. The van der Waals surface area contributed by atoms with E-state index in [0.717, 1.165) is 67.8 Å². The Balaban J connectivity index is 1.29. The molecule has 7 heteroatoms. The first-order valence-corrected chi connectivity index (χ1v) is 11.4. The van der Waals surface area contributed by atoms with Crippen LogP contribution in [0.1, 0.15) is 37.6 Å². The van der Waals surface area contributed by atoms with Crippen molar-refractivity contribution in [2.45, 2.75) is 46.2 Å². The minimum absolute atomic E-state index is 0.619. The Morgan fingerprint density at radius 2 is 1.94 bits per heavy atom. The number of hydrogen-bond acceptors (Lipinski definition) is 4. The van der Waals surface area contributed by atoms with Gasteiger partial charge in [0, 0.05) is 38.9 Å². The van der Waals surface area contributed by atoms with Crippen molar-refractivity contribution in [1.29, 1.82) is 0 Å². The van der Waals surface area contributed by atoms with Gasteiger partial charge in [-0.15, -0.1) is 0 Å². The highest BCUT2D eigenvalue weighted by molar-refractivity contribution is 5.79. The summed E-state index contributed by atoms with van der Waals surface area (Å²) in [5.41, 5.74) is 3.39. The summed E-state index contributed by atoms with van der Waals surface area (Å²) in [6.45, 7) is 9.63. The molecule has 4 rings (SSSR count). The minimum Gasteiger partial charge on any atom is -0.357 e. The van der Waals surface area contributed by atoms with Gasteiger partial charge in [0.05, 0.1) is 17.6 Å². The van der Waals surface area contributed by atoms with Crippen molar-refractivity contribution in [3.8, 4) is 0 Å². The van der Waals surface area contributed by atoms with E-state index in [1.807, 2.05) is 12.3 Å². The number of para-hydroxylation sites is 2. The first kappa shape index (κ1) is 21.2. The standard InChI is InChI=1S/C24H33N7/c1-3-25-24(28-18-20-11-12-23(27-17-20)30-14-6-7-15-30)26-13-8-16-31-19(2)29-21-9-4-5-10-22(21)31/h4-5,9-12,17H,3,6-8,13-16,18H2,1-2H3,(H2,25,26,28). The van der Waals surface area contributed by atoms with Crippen LogP contribution in [0.2, 0.25) is 0 Å². The van der Waals surface area contributed by atoms with Gasteiger partial charge in [0.25, 0.3) is 0 Å². The summed E-state index contributed by atoms with van der Waals surface area (Å²) < 4.78 is 2.29. The van der Waals surface area contributed by atoms with Crippen molar-refractivity contribution in [3.63, 3.8) is 0 Å². The van der Waals surface area contributed by atoms with Crippen molar-refractivity contribution < 1.29 is 0 Å². The Morgan fingerprint density at radius 1 is 1.10 bits per heavy atom. The quantitative estimate of drug-likeness (QED) is 0.332. The highest BCUT2D eigenvalue weighted by Crippen LogP contribution is 2.18. The van der Waals surface area contributed by atoms with Crippen molar-refractivity contribution in [2.24, 2.45) is 4.99 Å². The van der Waals surface area contributed by atoms with E-state index >= 15 is 0 Å². The molecule has 3 heterocycles. The Hall–Kier alpha value is -3.09. The maximum absolute atomic E-state index is 4.73. The fraction of sp³-hybridized carbons (Fsp3) is 0.458. The number of aromatic nitrogens is 3. The molecule has 164 valence electrons. The Kier molecular flexibility index (Phi) is 7.02. The number of nitrogens with one attached hydrogen (secondary N) is 2. The average Bonchev–Trinajstić information content (AvgIpc) is 3.43. The van der Waals surface area contributed by atoms with Gasteiger partial charge in [0.2, 0.25) is 0 Å². The van der Waals surface area contributed by atoms with E-state index in [-0.39, 0.29) is 0 Å². The number of aryl methyl sites for hydroxylation is 2. The zero-order chi connectivity index (χ0) is 21.5. The normalized spacial score (nSPS) is 14.4. The van der Waals surface area contributed by atoms with Crippen LogP contribution in [0, 0.1) is 6.92 Å². The molecule has 0 aliphatic carbocycles. The first-order chi connectivity index (χ1) is 15.2. The molecule has 1 saturated heterocycles. The maximum atomic E-state index is 4.73. The van der Waals surface area contributed by atoms with Crippen molar-refractivity contribution in [3.05, 3.63) is 54.0 Å². The summed E-state index contributed by atoms with van der Waals surface area (Å²) in [6.07, 6.45) is 5.48. The third-order valence-corrected chi connectivity index (χ3v) is 5.70. The van der Waals surface area contributed by atoms with E-state index in [1.165, 1.54) is 18.4 Å². The van der Waals surface area contributed by atoms with Crippen LogP contribution in [0.4, 0.5) is 5.82 Å². The monoisotopic (exact) mass is 419 g/mol. The lowest BCUT2D eigenvalue weighted by Gasteiger charge is -2.16. The number of hydrogen-bond donors (Lipinski definition) is 2. The second kappa shape index (κ2) is 10.3. The fourth-order valence-electron chi connectivity index (χ4n) is 4.08. The predicted octanol–water partition coefficient (Wildman–Crippen LogP) is 3.49. The number of rotatable bonds is 8. The van der Waals surface area contributed by atoms with Crippen LogP contribution < -0.4 is 15.5 Å². The van der Waals surface area contributed by atoms with Gasteiger partial charge in [-0.2, -0.15) is 0 Å². The molecule has 1 aliphatic rings. The molecule has 31 heavy (non-hydrogen) atoms. The lowest BCUT2D eigenvalue weighted by Crippen LogP contribution is -2.38. The molecular formula is C24H33N7. The number of guanidine groups is 1. The molecule has 2 N–H and O–H groups in total. The van der Waals surface area contributed by atoms with Gasteiger partial charge < -0.3 is 20.1 Å². The molecule has 0 atom stereocenters. The largest absolute Gasteiger partial charge is 0.357 e. The number of pyridine rings is 1. The average molecular weight is 420 g/mol. The molecule has 0 amide bonds. The van der Waals surface area contributed by atoms with E-state index in [4.69, 9.17) is 4.99 Å². The molecular weight excluding hydrogens is 386 g/mol. The fourth-order valence-corrected chi connectivity index (χ4v) is 4.08. The maximum Gasteiger partial charge on any atom is 0.191 e. The molecule has 0 radical (unpaired) electrons. The molecule has 7 nitrogen and oxygen atoms in total. The lowest BCUT2D eigenvalue weighted by atomic mass is 10.3. The smallest absolute Gasteiger partial charge is 0.191 e. The molecule has 0 spiro atoms. The minimum atomic E-state index is 0.619. The second-order valence-electron chi connectivity index (χ2n) is 7.99. The second-order valence-corrected chi connectivity index (χ2v) is 7.99. The highest BCUT2D eigenvalue weighted by atomic mass is 15.2. The molecule has 1 fully saturated rings. The SMILES string of the molecule is CCNC(=NCc1ccc(N2CCCC2)nc1)NCCCn1c(C)nc2ccccc21. The molecule has 0 saturated carbocycles. The van der Waals surface area contributed by atoms with Crippen LogP contribution >= 0.6 is 0 Å². The third-order valence-electron chi connectivity index (χ3n) is 5.70. The summed E-state index contributed by atoms with van der Waals surface area (Å²) in [5, 5.41) is 6.79. The third kappa shape index (κ3) is 5.34. The lowest BCUT2D eigenvalue weighted by molar-refractivity contribution is 0.624. The van der Waals surface area contributed by atoms with E-state index in [1.54, 1.807) is 0 Å². The van der Waals surface area contributed by atoms with Crippen LogP contribution in [0.15, 0.2) is 47.6 Å². The van der Waals surface area contributed by atoms with Gasteiger partial charge >= 0.3 is 0 Å². The summed E-state index contributed by atoms with van der Waals surface area (Å²) in [7, 11) is 0. The van der Waals surface area contributed by atoms with Gasteiger partial charge in [-0.05, 0) is 56.9 Å². The van der Waals surface area contributed by atoms with E-state index in [2.05, 4.69) is 74.2 Å². The zero-order valence-electron chi connectivity index (χ0n) is 18.6. The van der Waals surface area contributed by atoms with Gasteiger partial charge in [-0.1, -0.05) is 18.2 Å². The summed E-state index contributed by atoms with van der Waals surface area (Å²) in [6, 6.07) is 12.6. The molecule has 3 aromatic rings. The summed E-state index contributed by atoms with van der Waals surface area (Å²) in [5.74, 6) is 2.99. The molecule has 1 aromatic carbocycles. The predicted molar refractivity (Wildman–Crippen MR) is 128 cm³/mol. The highest BCUT2D eigenvalue weighted by Gasteiger charge is 2.13. The number of aliphatic imine (C=N–C) groups is 1. The van der Waals surface area contributed by atoms with Crippen LogP contribution in [-0.4, -0.2) is 46.7 Å². The Morgan fingerprint density at radius 3 is 2.71 bits per heavy atom. The summed E-state index contributed by atoms with van der Waals surface area (Å²) >= 11 is 0. The van der Waals surface area contributed by atoms with E-state index in [9.17, 15) is 0 Å². The zero-order valence-corrected chi connectivity index (χ0v) is 18.6. The number of fused-ring (bicyclic) bond motifs is 1. The first-order valence-electron chi connectivity index (χ1n) is 11.4. The molecule has 1 aliphatic heterocycles. The summed E-state index contributed by atoms with van der Waals surface area (Å²) in [4.78, 5) is 16.4. The van der Waals surface area contributed by atoms with E-state index < -0.39 is 0 Å². The van der Waals surface area contributed by atoms with Gasteiger partial charge in [0.15, 0.2) is 5.96 Å². The van der Waals surface area contributed by atoms with E-state index in [0.29, 0.717) is 6.54 Å². The van der Waals surface area contributed by atoms with Gasteiger partial charge in [0.1, 0.15) is 11.6 Å². The van der Waals surface area contributed by atoms with Crippen LogP contribution in [-0.2, 0) is 13.1 Å².